The number of nitrogens with zero attached hydrogens (tertiary/aromatic N) is 1. The molecule has 1 heterocycles. The molecule has 5 nitrogen and oxygen atoms in total. The van der Waals surface area contributed by atoms with Crippen LogP contribution in [-0.4, -0.2) is 55.8 Å². The lowest BCUT2D eigenvalue weighted by Crippen LogP contribution is -2.43. The quantitative estimate of drug-likeness (QED) is 0.791. The van der Waals surface area contributed by atoms with Crippen LogP contribution in [0.15, 0.2) is 0 Å². The Morgan fingerprint density at radius 3 is 2.22 bits per heavy atom. The van der Waals surface area contributed by atoms with Gasteiger partial charge in [0.15, 0.2) is 8.32 Å². The number of carbonyl (C=O) groups excluding carboxylic acids is 1. The van der Waals surface area contributed by atoms with E-state index in [-0.39, 0.29) is 29.7 Å². The van der Waals surface area contributed by atoms with Crippen LogP contribution in [0, 0.1) is 5.92 Å². The van der Waals surface area contributed by atoms with Gasteiger partial charge < -0.3 is 19.2 Å². The first-order valence-electron chi connectivity index (χ1n) is 8.51. The third-order valence-electron chi connectivity index (χ3n) is 4.83. The number of aliphatic hydroxyl groups excluding tert-OH is 1. The SMILES string of the molecule is CC(C)(C)OC(=O)N1C[C@H](CO[Si](C)(C)C(C)(C)C)C[C@H]1CO. The Hall–Kier alpha value is -0.593. The average Bonchev–Trinajstić information content (AvgIpc) is 2.76. The highest BCUT2D eigenvalue weighted by Crippen LogP contribution is 2.37. The third kappa shape index (κ3) is 5.76. The highest BCUT2D eigenvalue weighted by atomic mass is 28.4. The van der Waals surface area contributed by atoms with E-state index in [1.807, 2.05) is 20.8 Å². The topological polar surface area (TPSA) is 59.0 Å². The van der Waals surface area contributed by atoms with Gasteiger partial charge in [-0.2, -0.15) is 0 Å². The van der Waals surface area contributed by atoms with Gasteiger partial charge >= 0.3 is 6.09 Å². The molecular weight excluding hydrogens is 310 g/mol. The lowest BCUT2D eigenvalue weighted by molar-refractivity contribution is 0.0170. The Morgan fingerprint density at radius 1 is 1.22 bits per heavy atom. The molecule has 0 bridgehead atoms. The summed E-state index contributed by atoms with van der Waals surface area (Å²) in [4.78, 5) is 14.0. The Balaban J connectivity index is 2.64. The van der Waals surface area contributed by atoms with Crippen molar-refractivity contribution in [2.75, 3.05) is 19.8 Å². The Morgan fingerprint density at radius 2 is 1.78 bits per heavy atom. The first kappa shape index (κ1) is 20.5. The van der Waals surface area contributed by atoms with Crippen molar-refractivity contribution >= 4 is 14.4 Å². The molecule has 1 saturated heterocycles. The first-order valence-corrected chi connectivity index (χ1v) is 11.4. The molecule has 0 aromatic heterocycles. The van der Waals surface area contributed by atoms with Crippen molar-refractivity contribution in [3.8, 4) is 0 Å². The van der Waals surface area contributed by atoms with Crippen molar-refractivity contribution in [3.63, 3.8) is 0 Å². The summed E-state index contributed by atoms with van der Waals surface area (Å²) in [6, 6.07) is -0.169. The van der Waals surface area contributed by atoms with Crippen molar-refractivity contribution in [3.05, 3.63) is 0 Å². The molecule has 0 saturated carbocycles. The molecule has 1 aliphatic heterocycles. The summed E-state index contributed by atoms with van der Waals surface area (Å²) >= 11 is 0. The molecule has 23 heavy (non-hydrogen) atoms. The van der Waals surface area contributed by atoms with Gasteiger partial charge in [0.05, 0.1) is 12.6 Å². The molecule has 6 heteroatoms. The Bertz CT molecular complexity index is 412. The fourth-order valence-electron chi connectivity index (χ4n) is 2.39. The molecular formula is C17H35NO4Si. The molecule has 0 radical (unpaired) electrons. The second-order valence-electron chi connectivity index (χ2n) is 9.14. The van der Waals surface area contributed by atoms with Gasteiger partial charge in [-0.05, 0) is 45.3 Å². The monoisotopic (exact) mass is 345 g/mol. The lowest BCUT2D eigenvalue weighted by atomic mass is 10.1. The van der Waals surface area contributed by atoms with Gasteiger partial charge in [0.2, 0.25) is 0 Å². The van der Waals surface area contributed by atoms with Crippen molar-refractivity contribution in [1.29, 1.82) is 0 Å². The van der Waals surface area contributed by atoms with Crippen LogP contribution in [0.3, 0.4) is 0 Å². The zero-order chi connectivity index (χ0) is 18.1. The number of likely N-dealkylation sites (tertiary alicyclic amines) is 1. The number of aliphatic hydroxyl groups is 1. The second-order valence-corrected chi connectivity index (χ2v) is 14.0. The summed E-state index contributed by atoms with van der Waals surface area (Å²) < 4.78 is 11.7. The van der Waals surface area contributed by atoms with Crippen LogP contribution < -0.4 is 0 Å². The molecule has 0 unspecified atom stereocenters. The highest BCUT2D eigenvalue weighted by Gasteiger charge is 2.41. The highest BCUT2D eigenvalue weighted by molar-refractivity contribution is 6.74. The second kappa shape index (κ2) is 7.11. The van der Waals surface area contributed by atoms with Gasteiger partial charge in [-0.25, -0.2) is 4.79 Å². The van der Waals surface area contributed by atoms with Gasteiger partial charge in [0.1, 0.15) is 5.60 Å². The van der Waals surface area contributed by atoms with Crippen LogP contribution in [0.2, 0.25) is 18.1 Å². The zero-order valence-corrected chi connectivity index (χ0v) is 17.1. The molecule has 2 atom stereocenters. The fourth-order valence-corrected chi connectivity index (χ4v) is 3.48. The van der Waals surface area contributed by atoms with Crippen LogP contribution in [0.5, 0.6) is 0 Å². The maximum atomic E-state index is 12.3. The van der Waals surface area contributed by atoms with Crippen molar-refractivity contribution < 1.29 is 19.1 Å². The number of ether oxygens (including phenoxy) is 1. The molecule has 136 valence electrons. The lowest BCUT2D eigenvalue weighted by Gasteiger charge is -2.37. The minimum Gasteiger partial charge on any atom is -0.444 e. The zero-order valence-electron chi connectivity index (χ0n) is 16.1. The van der Waals surface area contributed by atoms with Crippen LogP contribution in [-0.2, 0) is 9.16 Å². The van der Waals surface area contributed by atoms with Crippen molar-refractivity contribution in [2.24, 2.45) is 5.92 Å². The number of carbonyl (C=O) groups is 1. The Labute approximate surface area is 142 Å². The predicted molar refractivity (Wildman–Crippen MR) is 95.1 cm³/mol. The summed E-state index contributed by atoms with van der Waals surface area (Å²) in [7, 11) is -1.79. The standard InChI is InChI=1S/C17H35NO4Si/c1-16(2,3)22-15(20)18-10-13(9-14(18)11-19)12-21-23(7,8)17(4,5)6/h13-14,19H,9-12H2,1-8H3/t13-,14+/m1/s1. The molecule has 1 amide bonds. The minimum absolute atomic E-state index is 0.0319. The molecule has 1 fully saturated rings. The van der Waals surface area contributed by atoms with Gasteiger partial charge in [-0.15, -0.1) is 0 Å². The molecule has 0 spiro atoms. The Kier molecular flexibility index (Phi) is 6.32. The van der Waals surface area contributed by atoms with Gasteiger partial charge in [-0.1, -0.05) is 20.8 Å². The molecule has 0 aromatic carbocycles. The van der Waals surface area contributed by atoms with E-state index in [1.54, 1.807) is 4.90 Å². The first-order chi connectivity index (χ1) is 10.3. The summed E-state index contributed by atoms with van der Waals surface area (Å²) in [5, 5.41) is 9.75. The van der Waals surface area contributed by atoms with E-state index in [4.69, 9.17) is 9.16 Å². The number of rotatable bonds is 4. The smallest absolute Gasteiger partial charge is 0.410 e. The summed E-state index contributed by atoms with van der Waals surface area (Å²) in [5.74, 6) is 0.258. The molecule has 0 aromatic rings. The van der Waals surface area contributed by atoms with Crippen LogP contribution >= 0.6 is 0 Å². The predicted octanol–water partition coefficient (Wildman–Crippen LogP) is 3.63. The van der Waals surface area contributed by atoms with Gasteiger partial charge in [0.25, 0.3) is 0 Å². The number of amides is 1. The van der Waals surface area contributed by atoms with E-state index in [2.05, 4.69) is 33.9 Å². The summed E-state index contributed by atoms with van der Waals surface area (Å²) in [6.45, 7) is 17.9. The van der Waals surface area contributed by atoms with Crippen molar-refractivity contribution in [1.82, 2.24) is 4.90 Å². The maximum absolute atomic E-state index is 12.3. The number of hydrogen-bond acceptors (Lipinski definition) is 4. The largest absolute Gasteiger partial charge is 0.444 e. The fraction of sp³-hybridized carbons (Fsp3) is 0.941. The van der Waals surface area contributed by atoms with E-state index in [0.717, 1.165) is 6.42 Å². The third-order valence-corrected chi connectivity index (χ3v) is 9.33. The van der Waals surface area contributed by atoms with E-state index in [0.29, 0.717) is 13.2 Å². The molecule has 1 rings (SSSR count). The van der Waals surface area contributed by atoms with Gasteiger partial charge in [-0.3, -0.25) is 0 Å². The van der Waals surface area contributed by atoms with E-state index >= 15 is 0 Å². The van der Waals surface area contributed by atoms with E-state index in [1.165, 1.54) is 0 Å². The summed E-state index contributed by atoms with van der Waals surface area (Å²) in [5.41, 5.74) is -0.521. The van der Waals surface area contributed by atoms with E-state index in [9.17, 15) is 9.90 Å². The molecule has 1 N–H and O–H groups in total. The number of hydrogen-bond donors (Lipinski definition) is 1. The van der Waals surface area contributed by atoms with E-state index < -0.39 is 13.9 Å². The maximum Gasteiger partial charge on any atom is 0.410 e. The summed E-state index contributed by atoms with van der Waals surface area (Å²) in [6.07, 6.45) is 0.427. The van der Waals surface area contributed by atoms with Crippen LogP contribution in [0.25, 0.3) is 0 Å². The van der Waals surface area contributed by atoms with Crippen LogP contribution in [0.4, 0.5) is 4.79 Å². The van der Waals surface area contributed by atoms with Crippen LogP contribution in [0.1, 0.15) is 48.0 Å². The normalized spacial score (nSPS) is 23.3. The van der Waals surface area contributed by atoms with Gasteiger partial charge in [0, 0.05) is 19.1 Å². The molecule has 1 aliphatic rings. The molecule has 0 aliphatic carbocycles. The average molecular weight is 346 g/mol. The minimum atomic E-state index is -1.79. The van der Waals surface area contributed by atoms with Crippen molar-refractivity contribution in [2.45, 2.75) is 77.7 Å².